The molecule has 0 radical (unpaired) electrons. The molecule has 0 bridgehead atoms. The van der Waals surface area contributed by atoms with Crippen LogP contribution in [0.4, 0.5) is 0 Å². The molecular formula is C33H39ClN2O2. The average Bonchev–Trinajstić information content (AvgIpc) is 3.66. The Morgan fingerprint density at radius 2 is 1.00 bits per heavy atom. The summed E-state index contributed by atoms with van der Waals surface area (Å²) in [5.41, 5.74) is 5.87. The normalized spacial score (nSPS) is 16.1. The second-order valence-corrected chi connectivity index (χ2v) is 10.8. The summed E-state index contributed by atoms with van der Waals surface area (Å²) in [6.45, 7) is 10.4. The third-order valence-corrected chi connectivity index (χ3v) is 7.94. The van der Waals surface area contributed by atoms with Crippen molar-refractivity contribution in [3.05, 3.63) is 94.5 Å². The number of likely N-dealkylation sites (tertiary alicyclic amines) is 2. The van der Waals surface area contributed by atoms with Crippen molar-refractivity contribution in [3.8, 4) is 11.5 Å². The van der Waals surface area contributed by atoms with E-state index < -0.39 is 0 Å². The molecular weight excluding hydrogens is 492 g/mol. The third kappa shape index (κ3) is 7.19. The average molecular weight is 531 g/mol. The van der Waals surface area contributed by atoms with E-state index in [9.17, 15) is 0 Å². The van der Waals surface area contributed by atoms with E-state index in [1.54, 1.807) is 0 Å². The van der Waals surface area contributed by atoms with Gasteiger partial charge in [-0.2, -0.15) is 0 Å². The zero-order valence-corrected chi connectivity index (χ0v) is 23.3. The summed E-state index contributed by atoms with van der Waals surface area (Å²) < 4.78 is 12.1. The third-order valence-electron chi connectivity index (χ3n) is 7.69. The van der Waals surface area contributed by atoms with Crippen LogP contribution in [0.15, 0.2) is 72.8 Å². The molecule has 0 N–H and O–H groups in total. The van der Waals surface area contributed by atoms with Gasteiger partial charge in [0.1, 0.15) is 24.7 Å². The monoisotopic (exact) mass is 530 g/mol. The highest BCUT2D eigenvalue weighted by atomic mass is 35.5. The Balaban J connectivity index is 1.32. The molecule has 2 aliphatic rings. The molecule has 200 valence electrons. The van der Waals surface area contributed by atoms with Crippen molar-refractivity contribution < 1.29 is 9.47 Å². The fourth-order valence-corrected chi connectivity index (χ4v) is 5.60. The molecule has 0 aliphatic carbocycles. The maximum atomic E-state index is 6.18. The first-order valence-electron chi connectivity index (χ1n) is 14.0. The van der Waals surface area contributed by atoms with Crippen LogP contribution in [0, 0.1) is 0 Å². The van der Waals surface area contributed by atoms with E-state index in [4.69, 9.17) is 21.1 Å². The fourth-order valence-electron chi connectivity index (χ4n) is 5.48. The molecule has 0 unspecified atom stereocenters. The Morgan fingerprint density at radius 3 is 1.42 bits per heavy atom. The molecule has 4 nitrogen and oxygen atoms in total. The Bertz CT molecular complexity index is 1110. The van der Waals surface area contributed by atoms with Crippen LogP contribution in [0.25, 0.3) is 11.1 Å². The first-order chi connectivity index (χ1) is 18.7. The topological polar surface area (TPSA) is 24.9 Å². The summed E-state index contributed by atoms with van der Waals surface area (Å²) in [7, 11) is 0. The maximum Gasteiger partial charge on any atom is 0.119 e. The van der Waals surface area contributed by atoms with Crippen molar-refractivity contribution >= 4 is 22.7 Å². The van der Waals surface area contributed by atoms with E-state index in [1.807, 2.05) is 12.1 Å². The minimum absolute atomic E-state index is 0.727. The van der Waals surface area contributed by atoms with Gasteiger partial charge in [-0.15, -0.1) is 0 Å². The lowest BCUT2D eigenvalue weighted by molar-refractivity contribution is 0.237. The standard InChI is InChI=1S/C33H39ClN2O2/c1-26(27-6-12-30(34)13-7-27)33(28-8-14-31(15-9-28)37-24-22-35-18-2-3-19-35)29-10-16-32(17-11-29)38-25-23-36-20-4-5-21-36/h6-17H,2-5,18-25H2,1H3. The van der Waals surface area contributed by atoms with Crippen LogP contribution in [0.5, 0.6) is 11.5 Å². The number of halogens is 1. The fraction of sp³-hybridized carbons (Fsp3) is 0.394. The molecule has 38 heavy (non-hydrogen) atoms. The number of nitrogens with zero attached hydrogens (tertiary/aromatic N) is 2. The SMILES string of the molecule is CC(=C(c1ccc(OCCN2CCCC2)cc1)c1ccc(OCCN2CCCC2)cc1)c1ccc(Cl)cc1. The summed E-state index contributed by atoms with van der Waals surface area (Å²) in [6, 6.07) is 25.1. The maximum absolute atomic E-state index is 6.18. The van der Waals surface area contributed by atoms with E-state index >= 15 is 0 Å². The molecule has 2 fully saturated rings. The van der Waals surface area contributed by atoms with Gasteiger partial charge < -0.3 is 9.47 Å². The molecule has 0 atom stereocenters. The molecule has 0 saturated carbocycles. The Labute approximate surface area is 232 Å². The lowest BCUT2D eigenvalue weighted by Gasteiger charge is -2.17. The summed E-state index contributed by atoms with van der Waals surface area (Å²) in [6.07, 6.45) is 5.23. The molecule has 2 saturated heterocycles. The van der Waals surface area contributed by atoms with Gasteiger partial charge in [-0.25, -0.2) is 0 Å². The Hall–Kier alpha value is -2.79. The van der Waals surface area contributed by atoms with Crippen LogP contribution in [-0.2, 0) is 0 Å². The van der Waals surface area contributed by atoms with Gasteiger partial charge in [0, 0.05) is 18.1 Å². The van der Waals surface area contributed by atoms with E-state index in [2.05, 4.69) is 77.4 Å². The van der Waals surface area contributed by atoms with Gasteiger partial charge in [-0.05, 0) is 123 Å². The number of allylic oxidation sites excluding steroid dienone is 1. The van der Waals surface area contributed by atoms with Gasteiger partial charge >= 0.3 is 0 Å². The second kappa shape index (κ2) is 13.3. The molecule has 0 spiro atoms. The first-order valence-corrected chi connectivity index (χ1v) is 14.4. The van der Waals surface area contributed by atoms with Crippen LogP contribution in [0.1, 0.15) is 49.3 Å². The van der Waals surface area contributed by atoms with Crippen LogP contribution >= 0.6 is 11.6 Å². The minimum Gasteiger partial charge on any atom is -0.492 e. The largest absolute Gasteiger partial charge is 0.492 e. The molecule has 3 aromatic rings. The lowest BCUT2D eigenvalue weighted by atomic mass is 9.90. The zero-order valence-electron chi connectivity index (χ0n) is 22.5. The van der Waals surface area contributed by atoms with E-state index in [1.165, 1.54) is 63.0 Å². The molecule has 3 aromatic carbocycles. The van der Waals surface area contributed by atoms with Gasteiger partial charge in [0.25, 0.3) is 0 Å². The van der Waals surface area contributed by atoms with E-state index in [0.29, 0.717) is 0 Å². The first kappa shape index (κ1) is 26.8. The number of hydrogen-bond donors (Lipinski definition) is 0. The number of rotatable bonds is 11. The molecule has 2 aliphatic heterocycles. The smallest absolute Gasteiger partial charge is 0.119 e. The van der Waals surface area contributed by atoms with Crippen molar-refractivity contribution in [1.82, 2.24) is 9.80 Å². The minimum atomic E-state index is 0.727. The van der Waals surface area contributed by atoms with Crippen LogP contribution in [0.2, 0.25) is 5.02 Å². The molecule has 0 aromatic heterocycles. The van der Waals surface area contributed by atoms with Crippen LogP contribution < -0.4 is 9.47 Å². The van der Waals surface area contributed by atoms with Crippen LogP contribution in [0.3, 0.4) is 0 Å². The van der Waals surface area contributed by atoms with Crippen LogP contribution in [-0.4, -0.2) is 62.3 Å². The number of ether oxygens (including phenoxy) is 2. The highest BCUT2D eigenvalue weighted by Gasteiger charge is 2.14. The van der Waals surface area contributed by atoms with Crippen molar-refractivity contribution in [1.29, 1.82) is 0 Å². The van der Waals surface area contributed by atoms with E-state index in [0.717, 1.165) is 59.5 Å². The predicted molar refractivity (Wildman–Crippen MR) is 158 cm³/mol. The molecule has 5 rings (SSSR count). The second-order valence-electron chi connectivity index (χ2n) is 10.4. The summed E-state index contributed by atoms with van der Waals surface area (Å²) in [5, 5.41) is 0.744. The quantitative estimate of drug-likeness (QED) is 0.243. The van der Waals surface area contributed by atoms with Gasteiger partial charge in [-0.1, -0.05) is 48.0 Å². The van der Waals surface area contributed by atoms with Crippen molar-refractivity contribution in [2.24, 2.45) is 0 Å². The zero-order chi connectivity index (χ0) is 26.2. The van der Waals surface area contributed by atoms with Gasteiger partial charge in [0.15, 0.2) is 0 Å². The predicted octanol–water partition coefficient (Wildman–Crippen LogP) is 7.27. The molecule has 5 heteroatoms. The highest BCUT2D eigenvalue weighted by molar-refractivity contribution is 6.30. The molecule has 0 amide bonds. The molecule has 2 heterocycles. The summed E-state index contributed by atoms with van der Waals surface area (Å²) >= 11 is 6.18. The van der Waals surface area contributed by atoms with Crippen molar-refractivity contribution in [3.63, 3.8) is 0 Å². The lowest BCUT2D eigenvalue weighted by Crippen LogP contribution is -2.25. The van der Waals surface area contributed by atoms with Crippen molar-refractivity contribution in [2.75, 3.05) is 52.5 Å². The number of benzene rings is 3. The van der Waals surface area contributed by atoms with Crippen molar-refractivity contribution in [2.45, 2.75) is 32.6 Å². The van der Waals surface area contributed by atoms with Gasteiger partial charge in [-0.3, -0.25) is 9.80 Å². The summed E-state index contributed by atoms with van der Waals surface area (Å²) in [5.74, 6) is 1.83. The van der Waals surface area contributed by atoms with E-state index in [-0.39, 0.29) is 0 Å². The highest BCUT2D eigenvalue weighted by Crippen LogP contribution is 2.34. The Kier molecular flexibility index (Phi) is 9.40. The Morgan fingerprint density at radius 1 is 0.605 bits per heavy atom. The number of hydrogen-bond acceptors (Lipinski definition) is 4. The summed E-state index contributed by atoms with van der Waals surface area (Å²) in [4.78, 5) is 4.95. The van der Waals surface area contributed by atoms with Gasteiger partial charge in [0.05, 0.1) is 0 Å². The van der Waals surface area contributed by atoms with Gasteiger partial charge in [0.2, 0.25) is 0 Å².